The lowest BCUT2D eigenvalue weighted by atomic mass is 9.76. The largest absolute Gasteiger partial charge is 0.324 e. The van der Waals surface area contributed by atoms with Crippen molar-refractivity contribution in [2.24, 2.45) is 11.7 Å². The lowest BCUT2D eigenvalue weighted by Gasteiger charge is -2.29. The molecule has 81 heavy (non-hydrogen) atoms. The summed E-state index contributed by atoms with van der Waals surface area (Å²) >= 11 is 0. The molecule has 3 unspecified atom stereocenters. The van der Waals surface area contributed by atoms with Crippen molar-refractivity contribution in [1.29, 1.82) is 0 Å². The van der Waals surface area contributed by atoms with E-state index in [1.165, 1.54) is 111 Å². The number of allylic oxidation sites excluding steroid dienone is 1. The first kappa shape index (κ1) is 52.8. The molecule has 1 heteroatoms. The SMILES string of the molecule is CCC(CC(N)c1ccccc1)C(C=Cc1ccc(-c2ccc(CCC(c3ccc(-c4cccc(-c5ccccc5)c4)cc3)c3ccc(-c4cccc(-c5ccccc5)c4)cc3)cc2)cc1)c1ccc2c(c1)C(C)(C)c1ccccc1-2. The number of nitrogens with two attached hydrogens (primary N) is 1. The van der Waals surface area contributed by atoms with E-state index < -0.39 is 0 Å². The summed E-state index contributed by atoms with van der Waals surface area (Å²) in [5.74, 6) is 0.781. The first-order valence-corrected chi connectivity index (χ1v) is 29.2. The van der Waals surface area contributed by atoms with Crippen molar-refractivity contribution in [3.8, 4) is 66.8 Å². The minimum atomic E-state index is -0.0648. The topological polar surface area (TPSA) is 26.0 Å². The highest BCUT2D eigenvalue weighted by Gasteiger charge is 2.36. The summed E-state index contributed by atoms with van der Waals surface area (Å²) < 4.78 is 0. The minimum absolute atomic E-state index is 0.0329. The second-order valence-electron chi connectivity index (χ2n) is 22.8. The van der Waals surface area contributed by atoms with Crippen LogP contribution < -0.4 is 5.73 Å². The van der Waals surface area contributed by atoms with Crippen molar-refractivity contribution in [2.45, 2.75) is 69.7 Å². The predicted octanol–water partition coefficient (Wildman–Crippen LogP) is 21.0. The van der Waals surface area contributed by atoms with Crippen LogP contribution in [0.2, 0.25) is 0 Å². The van der Waals surface area contributed by atoms with Gasteiger partial charge in [-0.3, -0.25) is 0 Å². The molecule has 0 aliphatic heterocycles. The van der Waals surface area contributed by atoms with Gasteiger partial charge >= 0.3 is 0 Å². The number of rotatable bonds is 18. The van der Waals surface area contributed by atoms with E-state index >= 15 is 0 Å². The maximum atomic E-state index is 7.00. The Bertz CT molecular complexity index is 3760. The Kier molecular flexibility index (Phi) is 15.5. The second kappa shape index (κ2) is 23.8. The van der Waals surface area contributed by atoms with Crippen LogP contribution >= 0.6 is 0 Å². The van der Waals surface area contributed by atoms with Crippen molar-refractivity contribution in [3.05, 3.63) is 330 Å². The van der Waals surface area contributed by atoms with Gasteiger partial charge in [-0.05, 0) is 149 Å². The third-order valence-corrected chi connectivity index (χ3v) is 17.5. The molecular weight excluding hydrogens is 975 g/mol. The first-order valence-electron chi connectivity index (χ1n) is 29.2. The van der Waals surface area contributed by atoms with Gasteiger partial charge in [0.1, 0.15) is 0 Å². The maximum Gasteiger partial charge on any atom is 0.0297 e. The average molecular weight is 1050 g/mol. The van der Waals surface area contributed by atoms with E-state index in [1.54, 1.807) is 0 Å². The lowest BCUT2D eigenvalue weighted by Crippen LogP contribution is -2.20. The fourth-order valence-electron chi connectivity index (χ4n) is 12.7. The Balaban J connectivity index is 0.775. The molecular formula is C80H71N. The van der Waals surface area contributed by atoms with Gasteiger partial charge in [0.25, 0.3) is 0 Å². The fraction of sp³-hybridized carbons (Fsp3) is 0.150. The Hall–Kier alpha value is -8.88. The quantitative estimate of drug-likeness (QED) is 0.0911. The summed E-state index contributed by atoms with van der Waals surface area (Å²) in [6.45, 7) is 7.08. The van der Waals surface area contributed by atoms with Crippen molar-refractivity contribution >= 4 is 6.08 Å². The molecule has 0 amide bonds. The van der Waals surface area contributed by atoms with Gasteiger partial charge in [-0.2, -0.15) is 0 Å². The van der Waals surface area contributed by atoms with Crippen LogP contribution in [0, 0.1) is 5.92 Å². The van der Waals surface area contributed by atoms with E-state index in [0.29, 0.717) is 5.92 Å². The Morgan fingerprint density at radius 2 is 0.815 bits per heavy atom. The van der Waals surface area contributed by atoms with Gasteiger partial charge in [-0.15, -0.1) is 0 Å². The maximum absolute atomic E-state index is 7.00. The van der Waals surface area contributed by atoms with E-state index in [1.807, 2.05) is 0 Å². The van der Waals surface area contributed by atoms with Gasteiger partial charge in [0.15, 0.2) is 0 Å². The van der Waals surface area contributed by atoms with E-state index in [2.05, 4.69) is 312 Å². The molecule has 396 valence electrons. The number of fused-ring (bicyclic) bond motifs is 3. The fourth-order valence-corrected chi connectivity index (χ4v) is 12.7. The van der Waals surface area contributed by atoms with Crippen LogP contribution in [0.25, 0.3) is 72.8 Å². The second-order valence-corrected chi connectivity index (χ2v) is 22.8. The third-order valence-electron chi connectivity index (χ3n) is 17.5. The lowest BCUT2D eigenvalue weighted by molar-refractivity contribution is 0.392. The third kappa shape index (κ3) is 11.6. The highest BCUT2D eigenvalue weighted by Crippen LogP contribution is 2.50. The molecule has 11 aromatic rings. The molecule has 0 bridgehead atoms. The van der Waals surface area contributed by atoms with E-state index in [-0.39, 0.29) is 23.3 Å². The van der Waals surface area contributed by atoms with Gasteiger partial charge in [-0.25, -0.2) is 0 Å². The molecule has 2 N–H and O–H groups in total. The van der Waals surface area contributed by atoms with Gasteiger partial charge in [0.05, 0.1) is 0 Å². The monoisotopic (exact) mass is 1050 g/mol. The normalized spacial score (nSPS) is 13.6. The highest BCUT2D eigenvalue weighted by molar-refractivity contribution is 5.81. The molecule has 11 aromatic carbocycles. The highest BCUT2D eigenvalue weighted by atomic mass is 14.6. The zero-order valence-electron chi connectivity index (χ0n) is 46.9. The zero-order chi connectivity index (χ0) is 55.1. The minimum Gasteiger partial charge on any atom is -0.324 e. The summed E-state index contributed by atoms with van der Waals surface area (Å²) in [6, 6.07) is 103. The molecule has 0 fully saturated rings. The van der Waals surface area contributed by atoms with Crippen LogP contribution in [-0.4, -0.2) is 0 Å². The molecule has 12 rings (SSSR count). The summed E-state index contributed by atoms with van der Waals surface area (Å²) in [6.07, 6.45) is 8.68. The zero-order valence-corrected chi connectivity index (χ0v) is 46.9. The van der Waals surface area contributed by atoms with Crippen LogP contribution in [0.15, 0.2) is 285 Å². The van der Waals surface area contributed by atoms with Gasteiger partial charge in [0, 0.05) is 23.3 Å². The van der Waals surface area contributed by atoms with Crippen LogP contribution in [0.4, 0.5) is 0 Å². The molecule has 0 saturated heterocycles. The van der Waals surface area contributed by atoms with Gasteiger partial charge in [-0.1, -0.05) is 306 Å². The molecule has 3 atom stereocenters. The van der Waals surface area contributed by atoms with Crippen molar-refractivity contribution in [2.75, 3.05) is 0 Å². The van der Waals surface area contributed by atoms with Crippen LogP contribution in [0.5, 0.6) is 0 Å². The summed E-state index contributed by atoms with van der Waals surface area (Å²) in [5, 5.41) is 0. The molecule has 1 aliphatic rings. The number of aryl methyl sites for hydroxylation is 1. The smallest absolute Gasteiger partial charge is 0.0297 e. The van der Waals surface area contributed by atoms with Crippen LogP contribution in [-0.2, 0) is 11.8 Å². The molecule has 0 heterocycles. The molecule has 0 saturated carbocycles. The summed E-state index contributed by atoms with van der Waals surface area (Å²) in [7, 11) is 0. The molecule has 0 radical (unpaired) electrons. The van der Waals surface area contributed by atoms with Gasteiger partial charge in [0.2, 0.25) is 0 Å². The summed E-state index contributed by atoms with van der Waals surface area (Å²) in [4.78, 5) is 0. The molecule has 1 nitrogen and oxygen atoms in total. The Morgan fingerprint density at radius 1 is 0.383 bits per heavy atom. The van der Waals surface area contributed by atoms with E-state index in [0.717, 1.165) is 25.7 Å². The van der Waals surface area contributed by atoms with Crippen LogP contribution in [0.1, 0.15) is 102 Å². The summed E-state index contributed by atoms with van der Waals surface area (Å²) in [5.41, 5.74) is 32.5. The first-order chi connectivity index (χ1) is 39.7. The van der Waals surface area contributed by atoms with E-state index in [9.17, 15) is 0 Å². The predicted molar refractivity (Wildman–Crippen MR) is 344 cm³/mol. The van der Waals surface area contributed by atoms with Crippen molar-refractivity contribution in [3.63, 3.8) is 0 Å². The molecule has 1 aliphatic carbocycles. The average Bonchev–Trinajstić information content (AvgIpc) is 4.03. The van der Waals surface area contributed by atoms with Crippen molar-refractivity contribution in [1.82, 2.24) is 0 Å². The standard InChI is InChI=1S/C80H71N/c1-4-58(55-79(81)67-22-12-7-13-23-67)73(72-48-51-76-75-28-14-15-29-77(75)80(2,3)78(76)54-72)49-34-56-30-36-61(37-31-56)62-38-32-57(33-39-62)35-50-74(65-44-40-63(41-45-65)70-26-16-24-68(52-70)59-18-8-5-9-19-59)66-46-42-64(43-47-66)71-27-17-25-69(53-71)60-20-10-6-11-21-60/h5-34,36-49,51-54,58,73-74,79H,4,35,50,55,81H2,1-3H3. The Morgan fingerprint density at radius 3 is 1.36 bits per heavy atom. The number of hydrogen-bond acceptors (Lipinski definition) is 1. The van der Waals surface area contributed by atoms with Crippen LogP contribution in [0.3, 0.4) is 0 Å². The number of benzene rings is 11. The number of hydrogen-bond donors (Lipinski definition) is 1. The van der Waals surface area contributed by atoms with E-state index in [4.69, 9.17) is 5.73 Å². The van der Waals surface area contributed by atoms with Gasteiger partial charge < -0.3 is 5.73 Å². The Labute approximate surface area is 481 Å². The molecule has 0 aromatic heterocycles. The molecule has 0 spiro atoms. The van der Waals surface area contributed by atoms with Crippen molar-refractivity contribution < 1.29 is 0 Å².